The number of aryl methyl sites for hydroxylation is 1. The number of ether oxygens (including phenoxy) is 1. The number of pyridine rings is 1. The summed E-state index contributed by atoms with van der Waals surface area (Å²) in [5.74, 6) is 0. The maximum atomic E-state index is 6.39. The molecule has 0 radical (unpaired) electrons. The molecule has 2 aromatic heterocycles. The van der Waals surface area contributed by atoms with Crippen molar-refractivity contribution in [2.75, 3.05) is 6.61 Å². The highest BCUT2D eigenvalue weighted by molar-refractivity contribution is 7.16. The Bertz CT molecular complexity index is 732. The van der Waals surface area contributed by atoms with Gasteiger partial charge in [-0.2, -0.15) is 0 Å². The van der Waals surface area contributed by atoms with Crippen LogP contribution in [0.1, 0.15) is 47.4 Å². The van der Waals surface area contributed by atoms with Crippen LogP contribution in [0.3, 0.4) is 0 Å². The van der Waals surface area contributed by atoms with Crippen molar-refractivity contribution in [3.8, 4) is 0 Å². The van der Waals surface area contributed by atoms with Crippen LogP contribution in [0.15, 0.2) is 24.5 Å². The number of nitrogens with zero attached hydrogens (tertiary/aromatic N) is 1. The number of thiophene rings is 1. The molecule has 0 amide bonds. The molecule has 1 fully saturated rings. The van der Waals surface area contributed by atoms with E-state index in [4.69, 9.17) is 16.3 Å². The smallest absolute Gasteiger partial charge is 0.106 e. The fourth-order valence-electron chi connectivity index (χ4n) is 4.04. The lowest BCUT2D eigenvalue weighted by Gasteiger charge is -2.46. The Morgan fingerprint density at radius 2 is 2.22 bits per heavy atom. The number of aromatic nitrogens is 1. The first kappa shape index (κ1) is 15.6. The van der Waals surface area contributed by atoms with E-state index in [0.29, 0.717) is 6.04 Å². The maximum Gasteiger partial charge on any atom is 0.106 e. The largest absolute Gasteiger partial charge is 0.369 e. The van der Waals surface area contributed by atoms with Gasteiger partial charge in [0.05, 0.1) is 10.9 Å². The van der Waals surface area contributed by atoms with E-state index >= 15 is 0 Å². The SMILES string of the molecule is Cc1cncc([C@@H]2C[C@]3(C[C@H](C)N2)OCCc2cc(Cl)sc23)c1. The van der Waals surface area contributed by atoms with Crippen LogP contribution in [-0.4, -0.2) is 17.6 Å². The Labute approximate surface area is 146 Å². The van der Waals surface area contributed by atoms with Crippen molar-refractivity contribution in [1.29, 1.82) is 0 Å². The van der Waals surface area contributed by atoms with Crippen LogP contribution in [0.2, 0.25) is 4.34 Å². The van der Waals surface area contributed by atoms with Crippen molar-refractivity contribution in [3.05, 3.63) is 50.4 Å². The van der Waals surface area contributed by atoms with Crippen molar-refractivity contribution in [1.82, 2.24) is 10.3 Å². The highest BCUT2D eigenvalue weighted by Gasteiger charge is 2.46. The number of halogens is 1. The molecule has 2 aromatic rings. The van der Waals surface area contributed by atoms with Crippen LogP contribution in [0.5, 0.6) is 0 Å². The predicted molar refractivity (Wildman–Crippen MR) is 94.2 cm³/mol. The van der Waals surface area contributed by atoms with E-state index in [1.807, 2.05) is 12.4 Å². The first-order valence-electron chi connectivity index (χ1n) is 8.16. The average molecular weight is 349 g/mol. The van der Waals surface area contributed by atoms with Crippen molar-refractivity contribution < 1.29 is 4.74 Å². The summed E-state index contributed by atoms with van der Waals surface area (Å²) in [6.07, 6.45) is 6.78. The first-order chi connectivity index (χ1) is 11.1. The summed E-state index contributed by atoms with van der Waals surface area (Å²) in [7, 11) is 0. The third kappa shape index (κ3) is 2.82. The fourth-order valence-corrected chi connectivity index (χ4v) is 5.51. The van der Waals surface area contributed by atoms with Crippen LogP contribution in [0, 0.1) is 6.92 Å². The minimum absolute atomic E-state index is 0.204. The summed E-state index contributed by atoms with van der Waals surface area (Å²) in [5, 5.41) is 3.72. The van der Waals surface area contributed by atoms with Crippen LogP contribution in [-0.2, 0) is 16.8 Å². The Balaban J connectivity index is 1.73. The molecule has 1 saturated heterocycles. The molecular formula is C18H21ClN2OS. The van der Waals surface area contributed by atoms with E-state index in [9.17, 15) is 0 Å². The lowest BCUT2D eigenvalue weighted by Crippen LogP contribution is -2.49. The van der Waals surface area contributed by atoms with Crippen LogP contribution in [0.25, 0.3) is 0 Å². The summed E-state index contributed by atoms with van der Waals surface area (Å²) in [4.78, 5) is 5.71. The Morgan fingerprint density at radius 3 is 3.04 bits per heavy atom. The minimum atomic E-state index is -0.204. The van der Waals surface area contributed by atoms with Gasteiger partial charge in [0, 0.05) is 35.8 Å². The van der Waals surface area contributed by atoms with Crippen molar-refractivity contribution in [2.45, 2.75) is 50.8 Å². The molecule has 1 spiro atoms. The van der Waals surface area contributed by atoms with Gasteiger partial charge in [-0.15, -0.1) is 11.3 Å². The number of nitrogens with one attached hydrogen (secondary N) is 1. The van der Waals surface area contributed by atoms with Gasteiger partial charge in [-0.25, -0.2) is 0 Å². The molecule has 5 heteroatoms. The summed E-state index contributed by atoms with van der Waals surface area (Å²) in [5.41, 5.74) is 3.61. The fraction of sp³-hybridized carbons (Fsp3) is 0.500. The van der Waals surface area contributed by atoms with Gasteiger partial charge in [-0.1, -0.05) is 17.7 Å². The van der Waals surface area contributed by atoms with Gasteiger partial charge in [-0.3, -0.25) is 4.98 Å². The second kappa shape index (κ2) is 5.85. The van der Waals surface area contributed by atoms with Gasteiger partial charge in [0.15, 0.2) is 0 Å². The zero-order valence-electron chi connectivity index (χ0n) is 13.4. The van der Waals surface area contributed by atoms with E-state index in [2.05, 4.69) is 36.3 Å². The van der Waals surface area contributed by atoms with Crippen molar-refractivity contribution in [2.24, 2.45) is 0 Å². The number of hydrogen-bond donors (Lipinski definition) is 1. The molecule has 1 N–H and O–H groups in total. The molecule has 0 aromatic carbocycles. The quantitative estimate of drug-likeness (QED) is 0.830. The monoisotopic (exact) mass is 348 g/mol. The van der Waals surface area contributed by atoms with E-state index in [0.717, 1.165) is 30.2 Å². The number of fused-ring (bicyclic) bond motifs is 2. The molecular weight excluding hydrogens is 328 g/mol. The molecule has 4 heterocycles. The van der Waals surface area contributed by atoms with Gasteiger partial charge >= 0.3 is 0 Å². The maximum absolute atomic E-state index is 6.39. The highest BCUT2D eigenvalue weighted by atomic mass is 35.5. The molecule has 3 nitrogen and oxygen atoms in total. The van der Waals surface area contributed by atoms with Gasteiger partial charge < -0.3 is 10.1 Å². The average Bonchev–Trinajstić information content (AvgIpc) is 2.89. The van der Waals surface area contributed by atoms with Crippen molar-refractivity contribution in [3.63, 3.8) is 0 Å². The summed E-state index contributed by atoms with van der Waals surface area (Å²) in [6, 6.07) is 5.00. The topological polar surface area (TPSA) is 34.2 Å². The lowest BCUT2D eigenvalue weighted by molar-refractivity contribution is -0.0954. The van der Waals surface area contributed by atoms with Crippen LogP contribution < -0.4 is 5.32 Å². The Kier molecular flexibility index (Phi) is 3.96. The first-order valence-corrected chi connectivity index (χ1v) is 9.35. The second-order valence-electron chi connectivity index (χ2n) is 6.82. The molecule has 2 aliphatic rings. The highest BCUT2D eigenvalue weighted by Crippen LogP contribution is 2.49. The molecule has 0 unspecified atom stereocenters. The Morgan fingerprint density at radius 1 is 1.35 bits per heavy atom. The van der Waals surface area contributed by atoms with E-state index in [1.165, 1.54) is 21.6 Å². The molecule has 122 valence electrons. The van der Waals surface area contributed by atoms with Gasteiger partial charge in [-0.05, 0) is 49.4 Å². The minimum Gasteiger partial charge on any atom is -0.369 e. The molecule has 2 aliphatic heterocycles. The zero-order chi connectivity index (χ0) is 16.0. The Hall–Kier alpha value is -0.940. The molecule has 0 aliphatic carbocycles. The zero-order valence-corrected chi connectivity index (χ0v) is 15.0. The van der Waals surface area contributed by atoms with Crippen LogP contribution in [0.4, 0.5) is 0 Å². The third-order valence-electron chi connectivity index (χ3n) is 4.90. The standard InChI is InChI=1S/C18H21ClN2OS/c1-11-5-14(10-20-9-11)15-8-18(7-12(2)21-15)17-13(3-4-22-18)6-16(19)23-17/h5-6,9-10,12,15,21H,3-4,7-8H2,1-2H3/t12-,15-,18-/m0/s1. The summed E-state index contributed by atoms with van der Waals surface area (Å²) in [6.45, 7) is 5.11. The molecule has 4 rings (SSSR count). The third-order valence-corrected chi connectivity index (χ3v) is 6.39. The van der Waals surface area contributed by atoms with Crippen molar-refractivity contribution >= 4 is 22.9 Å². The number of rotatable bonds is 1. The predicted octanol–water partition coefficient (Wildman–Crippen LogP) is 4.39. The van der Waals surface area contributed by atoms with Gasteiger partial charge in [0.2, 0.25) is 0 Å². The van der Waals surface area contributed by atoms with Gasteiger partial charge in [0.25, 0.3) is 0 Å². The summed E-state index contributed by atoms with van der Waals surface area (Å²) >= 11 is 8.00. The van der Waals surface area contributed by atoms with E-state index < -0.39 is 0 Å². The number of hydrogen-bond acceptors (Lipinski definition) is 4. The normalized spacial score (nSPS) is 30.4. The number of piperidine rings is 1. The van der Waals surface area contributed by atoms with E-state index in [-0.39, 0.29) is 11.6 Å². The second-order valence-corrected chi connectivity index (χ2v) is 8.51. The lowest BCUT2D eigenvalue weighted by atomic mass is 9.78. The molecule has 23 heavy (non-hydrogen) atoms. The van der Waals surface area contributed by atoms with Gasteiger partial charge in [0.1, 0.15) is 5.60 Å². The van der Waals surface area contributed by atoms with Crippen LogP contribution >= 0.6 is 22.9 Å². The van der Waals surface area contributed by atoms with E-state index in [1.54, 1.807) is 11.3 Å². The summed E-state index contributed by atoms with van der Waals surface area (Å²) < 4.78 is 7.26. The molecule has 0 saturated carbocycles. The molecule has 3 atom stereocenters. The molecule has 0 bridgehead atoms.